The minimum Gasteiger partial charge on any atom is -0.493 e. The molecule has 1 fully saturated rings. The van der Waals surface area contributed by atoms with Crippen LogP contribution in [0.15, 0.2) is 12.1 Å². The summed E-state index contributed by atoms with van der Waals surface area (Å²) >= 11 is 0. The van der Waals surface area contributed by atoms with Gasteiger partial charge in [-0.1, -0.05) is 0 Å². The van der Waals surface area contributed by atoms with E-state index in [4.69, 9.17) is 9.47 Å². The third-order valence-corrected chi connectivity index (χ3v) is 5.53. The lowest BCUT2D eigenvalue weighted by Gasteiger charge is -2.37. The number of carbonyl (C=O) groups excluding carboxylic acids is 2. The quantitative estimate of drug-likeness (QED) is 0.765. The Balaban J connectivity index is 0.00000261. The highest BCUT2D eigenvalue weighted by atomic mass is 35.5. The fourth-order valence-corrected chi connectivity index (χ4v) is 3.89. The molecule has 1 saturated heterocycles. The molecule has 0 bridgehead atoms. The number of benzene rings is 1. The molecule has 1 aromatic rings. The Morgan fingerprint density at radius 2 is 1.70 bits per heavy atom. The monoisotopic (exact) mass is 396 g/mol. The van der Waals surface area contributed by atoms with Crippen molar-refractivity contribution in [3.63, 3.8) is 0 Å². The molecular weight excluding hydrogens is 368 g/mol. The van der Waals surface area contributed by atoms with Crippen molar-refractivity contribution in [3.8, 4) is 11.5 Å². The number of carbonyl (C=O) groups is 2. The van der Waals surface area contributed by atoms with Crippen LogP contribution in [0.2, 0.25) is 0 Å². The van der Waals surface area contributed by atoms with Crippen LogP contribution >= 0.6 is 12.4 Å². The molecule has 0 N–H and O–H groups in total. The van der Waals surface area contributed by atoms with Crippen molar-refractivity contribution in [2.75, 3.05) is 40.4 Å². The zero-order valence-corrected chi connectivity index (χ0v) is 17.3. The number of amides is 1. The lowest BCUT2D eigenvalue weighted by atomic mass is 10.00. The van der Waals surface area contributed by atoms with Crippen molar-refractivity contribution in [3.05, 3.63) is 23.3 Å². The molecule has 1 heterocycles. The Morgan fingerprint density at radius 1 is 1.11 bits per heavy atom. The van der Waals surface area contributed by atoms with Gasteiger partial charge in [-0.2, -0.15) is 0 Å². The van der Waals surface area contributed by atoms with Gasteiger partial charge < -0.3 is 14.4 Å². The van der Waals surface area contributed by atoms with Gasteiger partial charge in [-0.05, 0) is 38.0 Å². The molecule has 1 aliphatic carbocycles. The van der Waals surface area contributed by atoms with Gasteiger partial charge in [0.15, 0.2) is 17.3 Å². The summed E-state index contributed by atoms with van der Waals surface area (Å²) in [5.41, 5.74) is 1.60. The van der Waals surface area contributed by atoms with Gasteiger partial charge in [0, 0.05) is 50.1 Å². The maximum atomic E-state index is 12.7. The van der Waals surface area contributed by atoms with Crippen LogP contribution in [0.1, 0.15) is 36.2 Å². The highest BCUT2D eigenvalue weighted by molar-refractivity contribution is 6.04. The second-order valence-corrected chi connectivity index (χ2v) is 7.34. The van der Waals surface area contributed by atoms with Crippen LogP contribution in [0.5, 0.6) is 11.5 Å². The molecule has 0 spiro atoms. The van der Waals surface area contributed by atoms with E-state index in [1.54, 1.807) is 20.3 Å². The first-order chi connectivity index (χ1) is 12.4. The van der Waals surface area contributed by atoms with Gasteiger partial charge in [0.2, 0.25) is 5.91 Å². The molecular formula is C20H29ClN2O4. The van der Waals surface area contributed by atoms with E-state index in [0.717, 1.165) is 31.7 Å². The highest BCUT2D eigenvalue weighted by Gasteiger charge is 2.35. The molecule has 1 unspecified atom stereocenters. The molecule has 27 heavy (non-hydrogen) atoms. The van der Waals surface area contributed by atoms with Crippen molar-refractivity contribution in [2.24, 2.45) is 5.92 Å². The van der Waals surface area contributed by atoms with E-state index in [-0.39, 0.29) is 36.4 Å². The van der Waals surface area contributed by atoms with Crippen molar-refractivity contribution in [1.29, 1.82) is 0 Å². The summed E-state index contributed by atoms with van der Waals surface area (Å²) in [5, 5.41) is 0. The minimum atomic E-state index is -0.280. The molecule has 0 saturated carbocycles. The maximum Gasteiger partial charge on any atom is 0.223 e. The number of piperazine rings is 1. The van der Waals surface area contributed by atoms with Gasteiger partial charge in [0.05, 0.1) is 14.2 Å². The second-order valence-electron chi connectivity index (χ2n) is 7.34. The number of nitrogens with zero attached hydrogens (tertiary/aromatic N) is 2. The highest BCUT2D eigenvalue weighted by Crippen LogP contribution is 2.37. The van der Waals surface area contributed by atoms with Crippen LogP contribution in [0.3, 0.4) is 0 Å². The SMILES string of the molecule is COc1cc2c(cc1OC)C(=O)C(CC(=O)N1CCN(C(C)C)CC1)C2.Cl. The van der Waals surface area contributed by atoms with Gasteiger partial charge in [0.25, 0.3) is 0 Å². The summed E-state index contributed by atoms with van der Waals surface area (Å²) in [5.74, 6) is 1.01. The summed E-state index contributed by atoms with van der Waals surface area (Å²) < 4.78 is 10.6. The van der Waals surface area contributed by atoms with Crippen LogP contribution in [-0.2, 0) is 11.2 Å². The average Bonchev–Trinajstić information content (AvgIpc) is 2.95. The summed E-state index contributed by atoms with van der Waals surface area (Å²) in [6, 6.07) is 4.10. The number of hydrogen-bond acceptors (Lipinski definition) is 5. The third kappa shape index (κ3) is 4.38. The van der Waals surface area contributed by atoms with Crippen LogP contribution in [0.25, 0.3) is 0 Å². The minimum absolute atomic E-state index is 0. The number of Topliss-reactive ketones (excluding diaryl/α,β-unsaturated/α-hetero) is 1. The maximum absolute atomic E-state index is 12.7. The number of rotatable bonds is 5. The molecule has 7 heteroatoms. The lowest BCUT2D eigenvalue weighted by Crippen LogP contribution is -2.51. The standard InChI is InChI=1S/C20H28N2O4.ClH/c1-13(2)21-5-7-22(8-6-21)19(23)11-15-9-14-10-17(25-3)18(26-4)12-16(14)20(15)24;/h10,12-13,15H,5-9,11H2,1-4H3;1H. The first-order valence-corrected chi connectivity index (χ1v) is 9.25. The predicted molar refractivity (Wildman–Crippen MR) is 106 cm³/mol. The van der Waals surface area contributed by atoms with E-state index in [2.05, 4.69) is 18.7 Å². The molecule has 0 aromatic heterocycles. The number of ketones is 1. The Kier molecular flexibility index (Phi) is 7.12. The van der Waals surface area contributed by atoms with E-state index < -0.39 is 0 Å². The summed E-state index contributed by atoms with van der Waals surface area (Å²) in [7, 11) is 3.14. The molecule has 0 radical (unpaired) electrons. The van der Waals surface area contributed by atoms with Gasteiger partial charge in [-0.25, -0.2) is 0 Å². The van der Waals surface area contributed by atoms with E-state index in [0.29, 0.717) is 29.5 Å². The average molecular weight is 397 g/mol. The van der Waals surface area contributed by atoms with Crippen molar-refractivity contribution in [2.45, 2.75) is 32.7 Å². The summed E-state index contributed by atoms with van der Waals surface area (Å²) in [4.78, 5) is 29.7. The fourth-order valence-electron chi connectivity index (χ4n) is 3.89. The Bertz CT molecular complexity index is 699. The Hall–Kier alpha value is -1.79. The molecule has 2 aliphatic rings. The van der Waals surface area contributed by atoms with Crippen molar-refractivity contribution >= 4 is 24.1 Å². The predicted octanol–water partition coefficient (Wildman–Crippen LogP) is 2.42. The second kappa shape index (κ2) is 8.93. The van der Waals surface area contributed by atoms with E-state index in [1.807, 2.05) is 11.0 Å². The molecule has 1 amide bonds. The smallest absolute Gasteiger partial charge is 0.223 e. The van der Waals surface area contributed by atoms with E-state index in [1.165, 1.54) is 0 Å². The van der Waals surface area contributed by atoms with Gasteiger partial charge in [0.1, 0.15) is 0 Å². The summed E-state index contributed by atoms with van der Waals surface area (Å²) in [6.45, 7) is 7.63. The van der Waals surface area contributed by atoms with Crippen LogP contribution < -0.4 is 9.47 Å². The largest absolute Gasteiger partial charge is 0.493 e. The molecule has 1 atom stereocenters. The molecule has 150 valence electrons. The fraction of sp³-hybridized carbons (Fsp3) is 0.600. The van der Waals surface area contributed by atoms with E-state index in [9.17, 15) is 9.59 Å². The number of fused-ring (bicyclic) bond motifs is 1. The number of methoxy groups -OCH3 is 2. The first-order valence-electron chi connectivity index (χ1n) is 9.25. The van der Waals surface area contributed by atoms with Crippen LogP contribution in [0.4, 0.5) is 0 Å². The molecule has 6 nitrogen and oxygen atoms in total. The zero-order valence-electron chi connectivity index (χ0n) is 16.5. The number of hydrogen-bond donors (Lipinski definition) is 0. The molecule has 1 aliphatic heterocycles. The van der Waals surface area contributed by atoms with Crippen molar-refractivity contribution in [1.82, 2.24) is 9.80 Å². The zero-order chi connectivity index (χ0) is 18.8. The normalized spacial score (nSPS) is 19.7. The lowest BCUT2D eigenvalue weighted by molar-refractivity contribution is -0.133. The van der Waals surface area contributed by atoms with Crippen LogP contribution in [-0.4, -0.2) is 67.9 Å². The Labute approximate surface area is 167 Å². The molecule has 3 rings (SSSR count). The Morgan fingerprint density at radius 3 is 2.26 bits per heavy atom. The number of ether oxygens (including phenoxy) is 2. The van der Waals surface area contributed by atoms with Crippen molar-refractivity contribution < 1.29 is 19.1 Å². The van der Waals surface area contributed by atoms with Gasteiger partial charge in [-0.15, -0.1) is 12.4 Å². The topological polar surface area (TPSA) is 59.1 Å². The third-order valence-electron chi connectivity index (χ3n) is 5.53. The van der Waals surface area contributed by atoms with Gasteiger partial charge >= 0.3 is 0 Å². The van der Waals surface area contributed by atoms with Crippen LogP contribution in [0, 0.1) is 5.92 Å². The first kappa shape index (κ1) is 21.5. The van der Waals surface area contributed by atoms with Gasteiger partial charge in [-0.3, -0.25) is 14.5 Å². The van der Waals surface area contributed by atoms with E-state index >= 15 is 0 Å². The molecule has 1 aromatic carbocycles. The summed E-state index contributed by atoms with van der Waals surface area (Å²) in [6.07, 6.45) is 0.867. The number of halogens is 1.